The van der Waals surface area contributed by atoms with Crippen molar-refractivity contribution in [2.75, 3.05) is 0 Å². The number of aliphatic hydroxyl groups excluding tert-OH is 1. The van der Waals surface area contributed by atoms with Gasteiger partial charge in [-0.25, -0.2) is 4.98 Å². The quantitative estimate of drug-likeness (QED) is 0.349. The van der Waals surface area contributed by atoms with Crippen LogP contribution in [0.1, 0.15) is 37.7 Å². The summed E-state index contributed by atoms with van der Waals surface area (Å²) in [7, 11) is 0. The number of ketones is 1. The van der Waals surface area contributed by atoms with Gasteiger partial charge in [0.1, 0.15) is 5.76 Å². The minimum absolute atomic E-state index is 0.00896. The molecule has 1 aliphatic rings. The van der Waals surface area contributed by atoms with Crippen LogP contribution >= 0.6 is 11.3 Å². The number of hydrogen-bond donors (Lipinski definition) is 1. The average Bonchev–Trinajstić information content (AvgIpc) is 3.43. The van der Waals surface area contributed by atoms with E-state index in [0.29, 0.717) is 26.9 Å². The Morgan fingerprint density at radius 1 is 1.29 bits per heavy atom. The first kappa shape index (κ1) is 20.5. The van der Waals surface area contributed by atoms with Gasteiger partial charge in [-0.2, -0.15) is 0 Å². The van der Waals surface area contributed by atoms with Gasteiger partial charge in [-0.3, -0.25) is 19.7 Å². The van der Waals surface area contributed by atoms with Crippen molar-refractivity contribution >= 4 is 28.7 Å². The van der Waals surface area contributed by atoms with Crippen molar-refractivity contribution in [3.8, 4) is 0 Å². The standard InChI is InChI=1S/C21H17N3O6S/c1-11-20(31-12(2)22-11)18(25)16-17(13-5-7-14(8-6-13)24(28)29)23(21(27)19(16)26)10-15-4-3-9-30-15/h3-9,17,26H,10H2,1-2H3. The average molecular weight is 439 g/mol. The molecule has 1 amide bonds. The second-order valence-corrected chi connectivity index (χ2v) is 8.21. The van der Waals surface area contributed by atoms with Crippen LogP contribution in [0.3, 0.4) is 0 Å². The zero-order valence-electron chi connectivity index (χ0n) is 16.6. The number of aromatic nitrogens is 1. The number of aliphatic hydroxyl groups is 1. The number of carbonyl (C=O) groups is 2. The van der Waals surface area contributed by atoms with Crippen molar-refractivity contribution in [2.24, 2.45) is 0 Å². The van der Waals surface area contributed by atoms with Crippen molar-refractivity contribution in [3.63, 3.8) is 0 Å². The minimum Gasteiger partial charge on any atom is -0.503 e. The van der Waals surface area contributed by atoms with E-state index in [1.165, 1.54) is 46.8 Å². The lowest BCUT2D eigenvalue weighted by Crippen LogP contribution is -2.30. The Bertz CT molecular complexity index is 1210. The van der Waals surface area contributed by atoms with Crippen molar-refractivity contribution < 1.29 is 24.0 Å². The molecule has 1 unspecified atom stereocenters. The van der Waals surface area contributed by atoms with Crippen LogP contribution < -0.4 is 0 Å². The molecule has 31 heavy (non-hydrogen) atoms. The van der Waals surface area contributed by atoms with Gasteiger partial charge in [0.2, 0.25) is 5.78 Å². The molecule has 1 aromatic carbocycles. The SMILES string of the molecule is Cc1nc(C)c(C(=O)C2=C(O)C(=O)N(Cc3ccco3)C2c2ccc([N+](=O)[O-])cc2)s1. The normalized spacial score (nSPS) is 16.3. The molecule has 158 valence electrons. The number of carbonyl (C=O) groups excluding carboxylic acids is 2. The number of Topliss-reactive ketones (excluding diaryl/α,β-unsaturated/α-hetero) is 1. The Morgan fingerprint density at radius 2 is 2.00 bits per heavy atom. The molecule has 0 saturated heterocycles. The molecule has 10 heteroatoms. The molecule has 2 aromatic heterocycles. The van der Waals surface area contributed by atoms with Crippen LogP contribution in [0.15, 0.2) is 58.4 Å². The van der Waals surface area contributed by atoms with E-state index in [1.54, 1.807) is 26.0 Å². The number of rotatable bonds is 6. The van der Waals surface area contributed by atoms with Crippen LogP contribution in [0.2, 0.25) is 0 Å². The second kappa shape index (κ2) is 7.80. The molecule has 0 spiro atoms. The molecule has 0 aliphatic carbocycles. The number of aryl methyl sites for hydroxylation is 2. The summed E-state index contributed by atoms with van der Waals surface area (Å²) in [5, 5.41) is 22.4. The summed E-state index contributed by atoms with van der Waals surface area (Å²) < 4.78 is 5.34. The van der Waals surface area contributed by atoms with Gasteiger partial charge in [0, 0.05) is 12.1 Å². The second-order valence-electron chi connectivity index (χ2n) is 7.00. The Hall–Kier alpha value is -3.79. The molecule has 4 rings (SSSR count). The molecule has 0 saturated carbocycles. The predicted octanol–water partition coefficient (Wildman–Crippen LogP) is 4.04. The largest absolute Gasteiger partial charge is 0.503 e. The van der Waals surface area contributed by atoms with Crippen LogP contribution in [0.5, 0.6) is 0 Å². The number of amides is 1. The fourth-order valence-corrected chi connectivity index (χ4v) is 4.48. The van der Waals surface area contributed by atoms with Gasteiger partial charge < -0.3 is 14.4 Å². The van der Waals surface area contributed by atoms with E-state index in [0.717, 1.165) is 0 Å². The van der Waals surface area contributed by atoms with Gasteiger partial charge in [-0.15, -0.1) is 11.3 Å². The number of nitro benzene ring substituents is 1. The summed E-state index contributed by atoms with van der Waals surface area (Å²) in [4.78, 5) is 42.7. The summed E-state index contributed by atoms with van der Waals surface area (Å²) in [6.07, 6.45) is 1.46. The van der Waals surface area contributed by atoms with Crippen molar-refractivity contribution in [1.82, 2.24) is 9.88 Å². The smallest absolute Gasteiger partial charge is 0.290 e. The Labute approximate surface area is 180 Å². The third-order valence-corrected chi connectivity index (χ3v) is 6.06. The van der Waals surface area contributed by atoms with Crippen LogP contribution in [0.4, 0.5) is 5.69 Å². The number of furan rings is 1. The molecule has 9 nitrogen and oxygen atoms in total. The molecule has 0 fully saturated rings. The zero-order chi connectivity index (χ0) is 22.3. The maximum atomic E-state index is 13.4. The van der Waals surface area contributed by atoms with Gasteiger partial charge >= 0.3 is 0 Å². The zero-order valence-corrected chi connectivity index (χ0v) is 17.4. The summed E-state index contributed by atoms with van der Waals surface area (Å²) in [5.74, 6) is -1.40. The highest BCUT2D eigenvalue weighted by atomic mass is 32.1. The molecular weight excluding hydrogens is 422 g/mol. The Balaban J connectivity index is 1.82. The van der Waals surface area contributed by atoms with Gasteiger partial charge in [-0.1, -0.05) is 0 Å². The van der Waals surface area contributed by atoms with E-state index < -0.39 is 28.4 Å². The van der Waals surface area contributed by atoms with E-state index in [1.807, 2.05) is 0 Å². The highest BCUT2D eigenvalue weighted by molar-refractivity contribution is 7.14. The van der Waals surface area contributed by atoms with E-state index in [-0.39, 0.29) is 17.8 Å². The summed E-state index contributed by atoms with van der Waals surface area (Å²) in [6.45, 7) is 3.46. The number of nitrogens with zero attached hydrogens (tertiary/aromatic N) is 3. The van der Waals surface area contributed by atoms with E-state index >= 15 is 0 Å². The maximum absolute atomic E-state index is 13.4. The number of benzene rings is 1. The van der Waals surface area contributed by atoms with Crippen LogP contribution in [0.25, 0.3) is 0 Å². The minimum atomic E-state index is -0.937. The molecule has 1 N–H and O–H groups in total. The van der Waals surface area contributed by atoms with Gasteiger partial charge in [0.15, 0.2) is 5.76 Å². The highest BCUT2D eigenvalue weighted by Gasteiger charge is 2.44. The number of hydrogen-bond acceptors (Lipinski definition) is 8. The first-order valence-electron chi connectivity index (χ1n) is 9.27. The van der Waals surface area contributed by atoms with E-state index in [4.69, 9.17) is 4.42 Å². The van der Waals surface area contributed by atoms with Crippen molar-refractivity contribution in [2.45, 2.75) is 26.4 Å². The lowest BCUT2D eigenvalue weighted by atomic mass is 9.95. The number of non-ortho nitro benzene ring substituents is 1. The molecule has 0 radical (unpaired) electrons. The highest BCUT2D eigenvalue weighted by Crippen LogP contribution is 2.41. The molecule has 3 heterocycles. The summed E-state index contributed by atoms with van der Waals surface area (Å²) >= 11 is 1.18. The van der Waals surface area contributed by atoms with Crippen LogP contribution in [0, 0.1) is 24.0 Å². The predicted molar refractivity (Wildman–Crippen MR) is 111 cm³/mol. The Morgan fingerprint density at radius 3 is 2.55 bits per heavy atom. The van der Waals surface area contributed by atoms with Crippen molar-refractivity contribution in [3.05, 3.63) is 91.0 Å². The number of thiazole rings is 1. The van der Waals surface area contributed by atoms with Gasteiger partial charge in [0.25, 0.3) is 11.6 Å². The lowest BCUT2D eigenvalue weighted by molar-refractivity contribution is -0.384. The van der Waals surface area contributed by atoms with E-state index in [2.05, 4.69) is 4.98 Å². The Kier molecular flexibility index (Phi) is 5.15. The molecule has 1 aliphatic heterocycles. The summed E-state index contributed by atoms with van der Waals surface area (Å²) in [6, 6.07) is 7.94. The fourth-order valence-electron chi connectivity index (χ4n) is 3.61. The van der Waals surface area contributed by atoms with Crippen molar-refractivity contribution in [1.29, 1.82) is 0 Å². The molecular formula is C21H17N3O6S. The summed E-state index contributed by atoms with van der Waals surface area (Å²) in [5.41, 5.74) is 0.752. The third kappa shape index (κ3) is 3.61. The van der Waals surface area contributed by atoms with Crippen LogP contribution in [-0.2, 0) is 11.3 Å². The van der Waals surface area contributed by atoms with E-state index in [9.17, 15) is 24.8 Å². The maximum Gasteiger partial charge on any atom is 0.290 e. The molecule has 3 aromatic rings. The first-order valence-corrected chi connectivity index (χ1v) is 10.1. The molecule has 0 bridgehead atoms. The van der Waals surface area contributed by atoms with Crippen LogP contribution in [-0.4, -0.2) is 31.6 Å². The first-order chi connectivity index (χ1) is 14.8. The fraction of sp³-hybridized carbons (Fsp3) is 0.190. The van der Waals surface area contributed by atoms with Gasteiger partial charge in [0.05, 0.1) is 44.9 Å². The lowest BCUT2D eigenvalue weighted by Gasteiger charge is -2.26. The molecule has 1 atom stereocenters. The topological polar surface area (TPSA) is 127 Å². The van der Waals surface area contributed by atoms with Gasteiger partial charge in [-0.05, 0) is 43.7 Å². The monoisotopic (exact) mass is 439 g/mol. The third-order valence-electron chi connectivity index (χ3n) is 4.98. The number of nitro groups is 1.